The zero-order chi connectivity index (χ0) is 19.0. The minimum absolute atomic E-state index is 0.121. The molecule has 0 aromatic rings. The standard InChI is InChI=1S/C22H40O2Si/c1-16(11-12-17(2)21(3,4)24-25(6,7)8)18-13-14-19-20(23)10-9-15-22(18,19)5/h11-12,16-19H,9-10,13-15H2,1-8H3. The molecule has 0 N–H and O–H groups in total. The summed E-state index contributed by atoms with van der Waals surface area (Å²) in [7, 11) is -1.55. The predicted molar refractivity (Wildman–Crippen MR) is 109 cm³/mol. The summed E-state index contributed by atoms with van der Waals surface area (Å²) in [4.78, 5) is 12.3. The van der Waals surface area contributed by atoms with Crippen LogP contribution in [-0.4, -0.2) is 19.7 Å². The Kier molecular flexibility index (Phi) is 6.10. The van der Waals surface area contributed by atoms with Crippen molar-refractivity contribution in [3.8, 4) is 0 Å². The highest BCUT2D eigenvalue weighted by atomic mass is 28.4. The lowest BCUT2D eigenvalue weighted by atomic mass is 9.62. The Morgan fingerprint density at radius 3 is 2.44 bits per heavy atom. The molecule has 0 heterocycles. The van der Waals surface area contributed by atoms with Crippen LogP contribution in [-0.2, 0) is 9.22 Å². The highest BCUT2D eigenvalue weighted by Crippen LogP contribution is 2.56. The zero-order valence-corrected chi connectivity index (χ0v) is 18.8. The van der Waals surface area contributed by atoms with Crippen LogP contribution in [0.4, 0.5) is 0 Å². The molecule has 0 spiro atoms. The molecule has 2 nitrogen and oxygen atoms in total. The molecule has 2 aliphatic carbocycles. The van der Waals surface area contributed by atoms with E-state index < -0.39 is 8.32 Å². The fourth-order valence-corrected chi connectivity index (χ4v) is 7.19. The number of ketones is 1. The molecule has 0 amide bonds. The van der Waals surface area contributed by atoms with Gasteiger partial charge in [0.2, 0.25) is 0 Å². The summed E-state index contributed by atoms with van der Waals surface area (Å²) in [6, 6.07) is 0. The summed E-state index contributed by atoms with van der Waals surface area (Å²) in [5.41, 5.74) is 0.107. The van der Waals surface area contributed by atoms with Crippen LogP contribution in [0.25, 0.3) is 0 Å². The molecule has 0 saturated heterocycles. The lowest BCUT2D eigenvalue weighted by molar-refractivity contribution is -0.129. The van der Waals surface area contributed by atoms with Gasteiger partial charge in [-0.25, -0.2) is 0 Å². The van der Waals surface area contributed by atoms with Gasteiger partial charge in [0, 0.05) is 18.3 Å². The molecule has 0 aromatic carbocycles. The van der Waals surface area contributed by atoms with E-state index in [1.54, 1.807) is 0 Å². The van der Waals surface area contributed by atoms with Gasteiger partial charge in [-0.3, -0.25) is 4.79 Å². The molecule has 2 saturated carbocycles. The molecular formula is C22H40O2Si. The number of carbonyl (C=O) groups is 1. The van der Waals surface area contributed by atoms with Crippen molar-refractivity contribution in [3.05, 3.63) is 12.2 Å². The van der Waals surface area contributed by atoms with Crippen molar-refractivity contribution in [2.75, 3.05) is 0 Å². The molecule has 0 bridgehead atoms. The Bertz CT molecular complexity index is 517. The zero-order valence-electron chi connectivity index (χ0n) is 17.8. The van der Waals surface area contributed by atoms with E-state index in [0.29, 0.717) is 29.5 Å². The number of allylic oxidation sites excluding steroid dienone is 1. The Hall–Kier alpha value is -0.413. The van der Waals surface area contributed by atoms with Crippen molar-refractivity contribution in [1.82, 2.24) is 0 Å². The average molecular weight is 365 g/mol. The number of hydrogen-bond acceptors (Lipinski definition) is 2. The van der Waals surface area contributed by atoms with Crippen LogP contribution >= 0.6 is 0 Å². The van der Waals surface area contributed by atoms with Gasteiger partial charge in [0.05, 0.1) is 5.60 Å². The minimum atomic E-state index is -1.55. The average Bonchev–Trinajstić information content (AvgIpc) is 2.80. The summed E-state index contributed by atoms with van der Waals surface area (Å²) in [5.74, 6) is 2.42. The summed E-state index contributed by atoms with van der Waals surface area (Å²) in [6.45, 7) is 18.2. The molecule has 2 fully saturated rings. The molecule has 25 heavy (non-hydrogen) atoms. The number of rotatable bonds is 6. The second kappa shape index (κ2) is 7.30. The molecule has 0 aromatic heterocycles. The number of fused-ring (bicyclic) bond motifs is 1. The highest BCUT2D eigenvalue weighted by molar-refractivity contribution is 6.69. The maximum atomic E-state index is 12.3. The smallest absolute Gasteiger partial charge is 0.184 e. The van der Waals surface area contributed by atoms with Gasteiger partial charge in [0.25, 0.3) is 0 Å². The summed E-state index contributed by atoms with van der Waals surface area (Å²) >= 11 is 0. The Labute approximate surface area is 156 Å². The predicted octanol–water partition coefficient (Wildman–Crippen LogP) is 6.23. The first-order valence-corrected chi connectivity index (χ1v) is 13.7. The molecule has 5 unspecified atom stereocenters. The molecular weight excluding hydrogens is 324 g/mol. The first-order valence-electron chi connectivity index (χ1n) is 10.3. The summed E-state index contributed by atoms with van der Waals surface area (Å²) < 4.78 is 6.41. The van der Waals surface area contributed by atoms with E-state index in [1.807, 2.05) is 0 Å². The van der Waals surface area contributed by atoms with E-state index in [4.69, 9.17) is 4.43 Å². The van der Waals surface area contributed by atoms with Crippen LogP contribution in [0.2, 0.25) is 19.6 Å². The van der Waals surface area contributed by atoms with E-state index in [2.05, 4.69) is 66.4 Å². The van der Waals surface area contributed by atoms with Crippen molar-refractivity contribution < 1.29 is 9.22 Å². The summed E-state index contributed by atoms with van der Waals surface area (Å²) in [6.07, 6.45) is 10.2. The first kappa shape index (κ1) is 20.9. The maximum absolute atomic E-state index is 12.3. The quantitative estimate of drug-likeness (QED) is 0.412. The van der Waals surface area contributed by atoms with Gasteiger partial charge in [0.15, 0.2) is 8.32 Å². The molecule has 2 aliphatic rings. The van der Waals surface area contributed by atoms with Gasteiger partial charge in [-0.2, -0.15) is 0 Å². The maximum Gasteiger partial charge on any atom is 0.184 e. The van der Waals surface area contributed by atoms with Gasteiger partial charge in [-0.15, -0.1) is 0 Å². The topological polar surface area (TPSA) is 26.3 Å². The molecule has 5 atom stereocenters. The normalized spacial score (nSPS) is 33.5. The van der Waals surface area contributed by atoms with Crippen LogP contribution in [0.5, 0.6) is 0 Å². The lowest BCUT2D eigenvalue weighted by Gasteiger charge is -2.42. The van der Waals surface area contributed by atoms with Crippen molar-refractivity contribution in [1.29, 1.82) is 0 Å². The van der Waals surface area contributed by atoms with E-state index in [-0.39, 0.29) is 11.0 Å². The SMILES string of the molecule is CC(C=CC(C)C(C)(C)O[Si](C)(C)C)C1CCC2C(=O)CCCC21C. The monoisotopic (exact) mass is 364 g/mol. The second-order valence-electron chi connectivity index (χ2n) is 10.4. The van der Waals surface area contributed by atoms with E-state index in [1.165, 1.54) is 12.8 Å². The van der Waals surface area contributed by atoms with E-state index >= 15 is 0 Å². The molecule has 0 aliphatic heterocycles. The third kappa shape index (κ3) is 4.66. The van der Waals surface area contributed by atoms with Crippen LogP contribution in [0.15, 0.2) is 12.2 Å². The minimum Gasteiger partial charge on any atom is -0.412 e. The molecule has 0 radical (unpaired) electrons. The summed E-state index contributed by atoms with van der Waals surface area (Å²) in [5, 5.41) is 0. The first-order chi connectivity index (χ1) is 11.4. The fourth-order valence-electron chi connectivity index (χ4n) is 5.42. The lowest BCUT2D eigenvalue weighted by Crippen LogP contribution is -2.42. The largest absolute Gasteiger partial charge is 0.412 e. The van der Waals surface area contributed by atoms with Gasteiger partial charge >= 0.3 is 0 Å². The molecule has 3 heteroatoms. The van der Waals surface area contributed by atoms with Crippen molar-refractivity contribution in [2.45, 2.75) is 92.0 Å². The van der Waals surface area contributed by atoms with Crippen LogP contribution in [0.1, 0.15) is 66.7 Å². The van der Waals surface area contributed by atoms with Crippen LogP contribution in [0, 0.1) is 29.1 Å². The highest BCUT2D eigenvalue weighted by Gasteiger charge is 2.52. The van der Waals surface area contributed by atoms with Crippen LogP contribution in [0.3, 0.4) is 0 Å². The molecule has 144 valence electrons. The Balaban J connectivity index is 2.05. The van der Waals surface area contributed by atoms with Gasteiger partial charge in [-0.05, 0) is 76.4 Å². The molecule has 2 rings (SSSR count). The van der Waals surface area contributed by atoms with Crippen molar-refractivity contribution >= 4 is 14.1 Å². The third-order valence-electron chi connectivity index (χ3n) is 6.94. The Morgan fingerprint density at radius 1 is 1.20 bits per heavy atom. The van der Waals surface area contributed by atoms with Crippen LogP contribution < -0.4 is 0 Å². The van der Waals surface area contributed by atoms with E-state index in [9.17, 15) is 4.79 Å². The third-order valence-corrected chi connectivity index (χ3v) is 8.08. The van der Waals surface area contributed by atoms with Gasteiger partial charge in [-0.1, -0.05) is 32.9 Å². The Morgan fingerprint density at radius 2 is 1.84 bits per heavy atom. The van der Waals surface area contributed by atoms with Gasteiger partial charge < -0.3 is 4.43 Å². The van der Waals surface area contributed by atoms with Gasteiger partial charge in [0.1, 0.15) is 5.78 Å². The fraction of sp³-hybridized carbons (Fsp3) is 0.864. The second-order valence-corrected chi connectivity index (χ2v) is 14.8. The number of carbonyl (C=O) groups excluding carboxylic acids is 1. The van der Waals surface area contributed by atoms with Crippen molar-refractivity contribution in [2.24, 2.45) is 29.1 Å². The number of Topliss-reactive ketones (excluding diaryl/α,β-unsaturated/α-hetero) is 1. The number of hydrogen-bond donors (Lipinski definition) is 0. The van der Waals surface area contributed by atoms with Crippen molar-refractivity contribution in [3.63, 3.8) is 0 Å². The van der Waals surface area contributed by atoms with E-state index in [0.717, 1.165) is 19.3 Å².